The molecule has 1 aromatic heterocycles. The standard InChI is InChI=1S/C22H22ClFN4O/c23-18-6-3-4-16(12-18)13-28-21(10-11-25-28)26-22(29)15-27(19-8-9-19)14-17-5-1-2-7-20(17)24/h1-7,10-12,19H,8-9,13-15H2,(H,26,29). The van der Waals surface area contributed by atoms with Gasteiger partial charge >= 0.3 is 0 Å². The van der Waals surface area contributed by atoms with Crippen molar-refractivity contribution >= 4 is 23.3 Å². The number of carbonyl (C=O) groups is 1. The van der Waals surface area contributed by atoms with Crippen molar-refractivity contribution in [3.05, 3.63) is 82.8 Å². The normalized spacial score (nSPS) is 13.6. The summed E-state index contributed by atoms with van der Waals surface area (Å²) < 4.78 is 15.7. The van der Waals surface area contributed by atoms with E-state index in [9.17, 15) is 9.18 Å². The van der Waals surface area contributed by atoms with Gasteiger partial charge in [0.25, 0.3) is 0 Å². The van der Waals surface area contributed by atoms with E-state index in [4.69, 9.17) is 11.6 Å². The highest BCUT2D eigenvalue weighted by molar-refractivity contribution is 6.30. The summed E-state index contributed by atoms with van der Waals surface area (Å²) in [4.78, 5) is 14.7. The second-order valence-electron chi connectivity index (χ2n) is 7.28. The summed E-state index contributed by atoms with van der Waals surface area (Å²) in [5.41, 5.74) is 1.61. The van der Waals surface area contributed by atoms with E-state index in [0.717, 1.165) is 18.4 Å². The fourth-order valence-electron chi connectivity index (χ4n) is 3.34. The first-order valence-electron chi connectivity index (χ1n) is 9.62. The van der Waals surface area contributed by atoms with Crippen LogP contribution in [0.5, 0.6) is 0 Å². The first kappa shape index (κ1) is 19.6. The molecule has 0 unspecified atom stereocenters. The van der Waals surface area contributed by atoms with Gasteiger partial charge < -0.3 is 5.32 Å². The third-order valence-electron chi connectivity index (χ3n) is 4.95. The lowest BCUT2D eigenvalue weighted by molar-refractivity contribution is -0.117. The zero-order valence-electron chi connectivity index (χ0n) is 15.9. The average molecular weight is 413 g/mol. The summed E-state index contributed by atoms with van der Waals surface area (Å²) in [6.07, 6.45) is 3.72. The van der Waals surface area contributed by atoms with Gasteiger partial charge in [0.1, 0.15) is 11.6 Å². The molecule has 1 N–H and O–H groups in total. The molecular formula is C22H22ClFN4O. The molecule has 1 amide bonds. The van der Waals surface area contributed by atoms with E-state index in [1.807, 2.05) is 35.2 Å². The number of hydrogen-bond donors (Lipinski definition) is 1. The molecule has 0 radical (unpaired) electrons. The van der Waals surface area contributed by atoms with Crippen molar-refractivity contribution < 1.29 is 9.18 Å². The lowest BCUT2D eigenvalue weighted by atomic mass is 10.2. The minimum atomic E-state index is -0.238. The third kappa shape index (κ3) is 5.22. The second kappa shape index (κ2) is 8.76. The number of aromatic nitrogens is 2. The van der Waals surface area contributed by atoms with E-state index in [2.05, 4.69) is 10.4 Å². The number of amides is 1. The molecule has 7 heteroatoms. The Morgan fingerprint density at radius 1 is 1.21 bits per heavy atom. The predicted molar refractivity (Wildman–Crippen MR) is 111 cm³/mol. The molecule has 1 saturated carbocycles. The summed E-state index contributed by atoms with van der Waals surface area (Å²) >= 11 is 6.05. The van der Waals surface area contributed by atoms with Crippen LogP contribution in [-0.4, -0.2) is 33.2 Å². The second-order valence-corrected chi connectivity index (χ2v) is 7.72. The smallest absolute Gasteiger partial charge is 0.239 e. The van der Waals surface area contributed by atoms with Crippen LogP contribution in [0.15, 0.2) is 60.8 Å². The minimum Gasteiger partial charge on any atom is -0.310 e. The first-order chi connectivity index (χ1) is 14.1. The van der Waals surface area contributed by atoms with Crippen molar-refractivity contribution in [2.45, 2.75) is 32.0 Å². The molecule has 1 heterocycles. The molecule has 0 atom stereocenters. The quantitative estimate of drug-likeness (QED) is 0.599. The molecule has 0 aliphatic heterocycles. The predicted octanol–water partition coefficient (Wildman–Crippen LogP) is 4.33. The lowest BCUT2D eigenvalue weighted by Gasteiger charge is -2.22. The van der Waals surface area contributed by atoms with E-state index in [1.165, 1.54) is 6.07 Å². The Hall–Kier alpha value is -2.70. The summed E-state index contributed by atoms with van der Waals surface area (Å²) in [5.74, 6) is 0.246. The zero-order chi connectivity index (χ0) is 20.2. The molecule has 1 aliphatic carbocycles. The zero-order valence-corrected chi connectivity index (χ0v) is 16.6. The Balaban J connectivity index is 1.40. The van der Waals surface area contributed by atoms with Gasteiger partial charge in [-0.15, -0.1) is 0 Å². The van der Waals surface area contributed by atoms with Gasteiger partial charge in [-0.05, 0) is 36.6 Å². The SMILES string of the molecule is O=C(CN(Cc1ccccc1F)C1CC1)Nc1ccnn1Cc1cccc(Cl)c1. The van der Waals surface area contributed by atoms with Gasteiger partial charge in [-0.25, -0.2) is 9.07 Å². The van der Waals surface area contributed by atoms with Crippen LogP contribution in [0.25, 0.3) is 0 Å². The largest absolute Gasteiger partial charge is 0.310 e. The number of nitrogens with zero attached hydrogens (tertiary/aromatic N) is 3. The van der Waals surface area contributed by atoms with Crippen LogP contribution in [0.4, 0.5) is 10.2 Å². The van der Waals surface area contributed by atoms with E-state index < -0.39 is 0 Å². The molecule has 2 aromatic carbocycles. The summed E-state index contributed by atoms with van der Waals surface area (Å²) in [6.45, 7) is 1.14. The fraction of sp³-hybridized carbons (Fsp3) is 0.273. The Morgan fingerprint density at radius 2 is 2.03 bits per heavy atom. The van der Waals surface area contributed by atoms with Crippen LogP contribution in [0.1, 0.15) is 24.0 Å². The van der Waals surface area contributed by atoms with Crippen LogP contribution >= 0.6 is 11.6 Å². The van der Waals surface area contributed by atoms with Crippen molar-refractivity contribution in [2.24, 2.45) is 0 Å². The number of hydrogen-bond acceptors (Lipinski definition) is 3. The summed E-state index contributed by atoms with van der Waals surface area (Å²) in [6, 6.07) is 16.3. The Bertz CT molecular complexity index is 1000. The minimum absolute atomic E-state index is 0.138. The third-order valence-corrected chi connectivity index (χ3v) is 5.18. The van der Waals surface area contributed by atoms with E-state index in [1.54, 1.807) is 29.1 Å². The maximum absolute atomic E-state index is 14.0. The van der Waals surface area contributed by atoms with Gasteiger partial charge in [-0.3, -0.25) is 9.69 Å². The summed E-state index contributed by atoms with van der Waals surface area (Å²) in [5, 5.41) is 7.89. The fourth-order valence-corrected chi connectivity index (χ4v) is 3.55. The van der Waals surface area contributed by atoms with Crippen molar-refractivity contribution in [3.8, 4) is 0 Å². The van der Waals surface area contributed by atoms with Crippen molar-refractivity contribution in [1.29, 1.82) is 0 Å². The average Bonchev–Trinajstić information content (AvgIpc) is 3.45. The number of anilines is 1. The monoisotopic (exact) mass is 412 g/mol. The maximum Gasteiger partial charge on any atom is 0.239 e. The van der Waals surface area contributed by atoms with Crippen LogP contribution in [0, 0.1) is 5.82 Å². The number of halogens is 2. The molecule has 0 saturated heterocycles. The molecule has 1 aliphatic rings. The highest BCUT2D eigenvalue weighted by Crippen LogP contribution is 2.28. The number of nitrogens with one attached hydrogen (secondary N) is 1. The maximum atomic E-state index is 14.0. The van der Waals surface area contributed by atoms with Gasteiger partial charge in [0, 0.05) is 29.2 Å². The van der Waals surface area contributed by atoms with Crippen molar-refractivity contribution in [2.75, 3.05) is 11.9 Å². The Morgan fingerprint density at radius 3 is 2.79 bits per heavy atom. The van der Waals surface area contributed by atoms with Crippen molar-refractivity contribution in [1.82, 2.24) is 14.7 Å². The first-order valence-corrected chi connectivity index (χ1v) is 10.00. The molecule has 5 nitrogen and oxygen atoms in total. The molecule has 150 valence electrons. The molecule has 0 bridgehead atoms. The van der Waals surface area contributed by atoms with Gasteiger partial charge in [0.15, 0.2) is 0 Å². The molecule has 4 rings (SSSR count). The Kier molecular flexibility index (Phi) is 5.92. The van der Waals surface area contributed by atoms with E-state index >= 15 is 0 Å². The van der Waals surface area contributed by atoms with Gasteiger partial charge in [0.05, 0.1) is 19.3 Å². The Labute approximate surface area is 174 Å². The molecule has 29 heavy (non-hydrogen) atoms. The molecular weight excluding hydrogens is 391 g/mol. The highest BCUT2D eigenvalue weighted by atomic mass is 35.5. The number of carbonyl (C=O) groups excluding carboxylic acids is 1. The van der Waals surface area contributed by atoms with Gasteiger partial charge in [-0.1, -0.05) is 41.9 Å². The number of benzene rings is 2. The lowest BCUT2D eigenvalue weighted by Crippen LogP contribution is -2.35. The van der Waals surface area contributed by atoms with Gasteiger partial charge in [-0.2, -0.15) is 5.10 Å². The topological polar surface area (TPSA) is 50.2 Å². The number of rotatable bonds is 8. The molecule has 1 fully saturated rings. The van der Waals surface area contributed by atoms with Crippen LogP contribution in [0.2, 0.25) is 5.02 Å². The van der Waals surface area contributed by atoms with Crippen LogP contribution in [0.3, 0.4) is 0 Å². The molecule has 3 aromatic rings. The van der Waals surface area contributed by atoms with E-state index in [-0.39, 0.29) is 18.3 Å². The van der Waals surface area contributed by atoms with Crippen LogP contribution in [-0.2, 0) is 17.9 Å². The van der Waals surface area contributed by atoms with E-state index in [0.29, 0.717) is 35.5 Å². The van der Waals surface area contributed by atoms with Crippen molar-refractivity contribution in [3.63, 3.8) is 0 Å². The van der Waals surface area contributed by atoms with Crippen LogP contribution < -0.4 is 5.32 Å². The summed E-state index contributed by atoms with van der Waals surface area (Å²) in [7, 11) is 0. The highest BCUT2D eigenvalue weighted by Gasteiger charge is 2.31. The molecule has 0 spiro atoms. The van der Waals surface area contributed by atoms with Gasteiger partial charge in [0.2, 0.25) is 5.91 Å².